The summed E-state index contributed by atoms with van der Waals surface area (Å²) in [6.07, 6.45) is 3.23. The molecule has 0 saturated carbocycles. The molecule has 112 valence electrons. The maximum Gasteiger partial charge on any atom is 0.259 e. The van der Waals surface area contributed by atoms with Crippen LogP contribution in [0.15, 0.2) is 23.0 Å². The van der Waals surface area contributed by atoms with Gasteiger partial charge in [-0.3, -0.25) is 9.88 Å². The van der Waals surface area contributed by atoms with Crippen molar-refractivity contribution in [3.05, 3.63) is 29.3 Å². The Morgan fingerprint density at radius 3 is 2.81 bits per heavy atom. The van der Waals surface area contributed by atoms with Gasteiger partial charge in [0.1, 0.15) is 0 Å². The Kier molecular flexibility index (Phi) is 3.93. The van der Waals surface area contributed by atoms with Crippen molar-refractivity contribution in [3.8, 4) is 11.5 Å². The molecule has 1 aliphatic rings. The first-order valence-corrected chi connectivity index (χ1v) is 7.36. The lowest BCUT2D eigenvalue weighted by Gasteiger charge is -2.38. The van der Waals surface area contributed by atoms with Gasteiger partial charge in [0.2, 0.25) is 0 Å². The van der Waals surface area contributed by atoms with E-state index in [2.05, 4.69) is 39.2 Å². The second kappa shape index (κ2) is 5.71. The van der Waals surface area contributed by atoms with Crippen LogP contribution in [-0.4, -0.2) is 46.2 Å². The number of halogens is 1. The van der Waals surface area contributed by atoms with Gasteiger partial charge in [0, 0.05) is 38.6 Å². The topological polar surface area (TPSA) is 67.1 Å². The average Bonchev–Trinajstić information content (AvgIpc) is 2.99. The van der Waals surface area contributed by atoms with Crippen LogP contribution in [0, 0.1) is 0 Å². The van der Waals surface area contributed by atoms with Gasteiger partial charge < -0.3 is 9.84 Å². The fraction of sp³-hybridized carbons (Fsp3) is 0.500. The number of rotatable bonds is 3. The Balaban J connectivity index is 1.89. The predicted octanol–water partition coefficient (Wildman–Crippen LogP) is 1.93. The average molecular weight is 308 g/mol. The highest BCUT2D eigenvalue weighted by molar-refractivity contribution is 6.32. The molecule has 0 unspecified atom stereocenters. The molecule has 0 spiro atoms. The summed E-state index contributed by atoms with van der Waals surface area (Å²) in [4.78, 5) is 10.9. The Morgan fingerprint density at radius 2 is 2.10 bits per heavy atom. The normalized spacial score (nSPS) is 17.1. The van der Waals surface area contributed by atoms with Gasteiger partial charge in [0.25, 0.3) is 5.89 Å². The van der Waals surface area contributed by atoms with Gasteiger partial charge in [-0.2, -0.15) is 4.98 Å². The number of hydrogen-bond donors (Lipinski definition) is 1. The molecule has 0 aliphatic carbocycles. The first-order valence-electron chi connectivity index (χ1n) is 6.99. The van der Waals surface area contributed by atoms with Crippen LogP contribution in [0.5, 0.6) is 0 Å². The summed E-state index contributed by atoms with van der Waals surface area (Å²) in [5, 5.41) is 8.01. The molecule has 7 heteroatoms. The van der Waals surface area contributed by atoms with E-state index >= 15 is 0 Å². The van der Waals surface area contributed by atoms with E-state index in [1.165, 1.54) is 0 Å². The van der Waals surface area contributed by atoms with Crippen LogP contribution in [0.3, 0.4) is 0 Å². The van der Waals surface area contributed by atoms with Crippen molar-refractivity contribution in [2.75, 3.05) is 26.2 Å². The van der Waals surface area contributed by atoms with Crippen molar-refractivity contribution < 1.29 is 4.52 Å². The van der Waals surface area contributed by atoms with E-state index in [9.17, 15) is 0 Å². The summed E-state index contributed by atoms with van der Waals surface area (Å²) in [6.45, 7) is 8.11. The molecular weight excluding hydrogens is 290 g/mol. The van der Waals surface area contributed by atoms with E-state index < -0.39 is 0 Å². The molecule has 1 saturated heterocycles. The van der Waals surface area contributed by atoms with Gasteiger partial charge in [0.15, 0.2) is 5.82 Å². The number of aromatic nitrogens is 3. The zero-order chi connectivity index (χ0) is 14.9. The van der Waals surface area contributed by atoms with E-state index in [0.29, 0.717) is 22.3 Å². The number of nitrogens with one attached hydrogen (secondary N) is 1. The Morgan fingerprint density at radius 1 is 1.33 bits per heavy atom. The molecule has 2 aromatic heterocycles. The van der Waals surface area contributed by atoms with Crippen molar-refractivity contribution in [2.24, 2.45) is 0 Å². The van der Waals surface area contributed by atoms with Crippen LogP contribution in [-0.2, 0) is 5.54 Å². The molecule has 0 aromatic carbocycles. The third kappa shape index (κ3) is 2.79. The molecule has 3 heterocycles. The molecule has 6 nitrogen and oxygen atoms in total. The summed E-state index contributed by atoms with van der Waals surface area (Å²) in [6, 6.07) is 1.78. The maximum absolute atomic E-state index is 6.12. The van der Waals surface area contributed by atoms with Gasteiger partial charge in [-0.05, 0) is 19.9 Å². The summed E-state index contributed by atoms with van der Waals surface area (Å²) >= 11 is 6.12. The molecule has 0 bridgehead atoms. The first-order chi connectivity index (χ1) is 10.1. The monoisotopic (exact) mass is 307 g/mol. The summed E-state index contributed by atoms with van der Waals surface area (Å²) in [5.41, 5.74) is 0.435. The predicted molar refractivity (Wildman–Crippen MR) is 80.0 cm³/mol. The zero-order valence-corrected chi connectivity index (χ0v) is 12.9. The van der Waals surface area contributed by atoms with Crippen LogP contribution in [0.25, 0.3) is 11.5 Å². The van der Waals surface area contributed by atoms with Crippen molar-refractivity contribution in [1.29, 1.82) is 0 Å². The van der Waals surface area contributed by atoms with E-state index in [1.807, 2.05) is 0 Å². The lowest BCUT2D eigenvalue weighted by Crippen LogP contribution is -2.52. The number of nitrogens with zero attached hydrogens (tertiary/aromatic N) is 4. The molecule has 0 radical (unpaired) electrons. The van der Waals surface area contributed by atoms with Crippen LogP contribution < -0.4 is 5.32 Å². The molecule has 1 N–H and O–H groups in total. The lowest BCUT2D eigenvalue weighted by molar-refractivity contribution is 0.0925. The minimum absolute atomic E-state index is 0.274. The van der Waals surface area contributed by atoms with Crippen LogP contribution in [0.1, 0.15) is 19.7 Å². The minimum atomic E-state index is -0.274. The van der Waals surface area contributed by atoms with Gasteiger partial charge in [0.05, 0.1) is 16.1 Å². The molecule has 0 atom stereocenters. The molecule has 3 rings (SSSR count). The Labute approximate surface area is 128 Å². The van der Waals surface area contributed by atoms with Crippen molar-refractivity contribution in [2.45, 2.75) is 19.4 Å². The second-order valence-electron chi connectivity index (χ2n) is 5.57. The van der Waals surface area contributed by atoms with Crippen LogP contribution in [0.4, 0.5) is 0 Å². The summed E-state index contributed by atoms with van der Waals surface area (Å²) in [5.74, 6) is 1.10. The van der Waals surface area contributed by atoms with Crippen LogP contribution >= 0.6 is 11.6 Å². The Bertz CT molecular complexity index is 621. The summed E-state index contributed by atoms with van der Waals surface area (Å²) in [7, 11) is 0. The highest BCUT2D eigenvalue weighted by atomic mass is 35.5. The Hall–Kier alpha value is -1.50. The molecular formula is C14H18ClN5O. The smallest absolute Gasteiger partial charge is 0.259 e. The SMILES string of the molecule is CC(C)(c1noc(-c2ccncc2Cl)n1)N1CCNCC1. The first kappa shape index (κ1) is 14.4. The van der Waals surface area contributed by atoms with Gasteiger partial charge >= 0.3 is 0 Å². The van der Waals surface area contributed by atoms with Gasteiger partial charge in [-0.15, -0.1) is 0 Å². The van der Waals surface area contributed by atoms with E-state index in [1.54, 1.807) is 18.5 Å². The van der Waals surface area contributed by atoms with Gasteiger partial charge in [-0.25, -0.2) is 0 Å². The lowest BCUT2D eigenvalue weighted by atomic mass is 10.0. The third-order valence-electron chi connectivity index (χ3n) is 3.88. The van der Waals surface area contributed by atoms with Crippen molar-refractivity contribution in [1.82, 2.24) is 25.3 Å². The quantitative estimate of drug-likeness (QED) is 0.934. The maximum atomic E-state index is 6.12. The van der Waals surface area contributed by atoms with E-state index in [4.69, 9.17) is 16.1 Å². The molecule has 1 aliphatic heterocycles. The number of piperazine rings is 1. The van der Waals surface area contributed by atoms with E-state index in [0.717, 1.165) is 26.2 Å². The number of hydrogen-bond acceptors (Lipinski definition) is 6. The van der Waals surface area contributed by atoms with Gasteiger partial charge in [-0.1, -0.05) is 16.8 Å². The summed E-state index contributed by atoms with van der Waals surface area (Å²) < 4.78 is 5.39. The van der Waals surface area contributed by atoms with Crippen LogP contribution in [0.2, 0.25) is 5.02 Å². The van der Waals surface area contributed by atoms with Crippen molar-refractivity contribution >= 4 is 11.6 Å². The van der Waals surface area contributed by atoms with Crippen molar-refractivity contribution in [3.63, 3.8) is 0 Å². The molecule has 1 fully saturated rings. The number of pyridine rings is 1. The zero-order valence-electron chi connectivity index (χ0n) is 12.1. The third-order valence-corrected chi connectivity index (χ3v) is 4.18. The highest BCUT2D eigenvalue weighted by Gasteiger charge is 2.34. The molecule has 2 aromatic rings. The second-order valence-corrected chi connectivity index (χ2v) is 5.98. The standard InChI is InChI=1S/C14H18ClN5O/c1-14(2,20-7-5-16-6-8-20)13-18-12(21-19-13)10-3-4-17-9-11(10)15/h3-4,9,16H,5-8H2,1-2H3. The minimum Gasteiger partial charge on any atom is -0.334 e. The fourth-order valence-corrected chi connectivity index (χ4v) is 2.70. The highest BCUT2D eigenvalue weighted by Crippen LogP contribution is 2.30. The van der Waals surface area contributed by atoms with E-state index in [-0.39, 0.29) is 5.54 Å². The molecule has 21 heavy (non-hydrogen) atoms. The fourth-order valence-electron chi connectivity index (χ4n) is 2.50. The molecule has 0 amide bonds. The largest absolute Gasteiger partial charge is 0.334 e.